The van der Waals surface area contributed by atoms with E-state index in [-0.39, 0.29) is 24.6 Å². The van der Waals surface area contributed by atoms with Gasteiger partial charge in [-0.2, -0.15) is 0 Å². The van der Waals surface area contributed by atoms with Crippen LogP contribution in [0.15, 0.2) is 115 Å². The van der Waals surface area contributed by atoms with Gasteiger partial charge < -0.3 is 24.0 Å². The summed E-state index contributed by atoms with van der Waals surface area (Å²) in [6.45, 7) is 2.71. The molecule has 1 amide bonds. The largest absolute Gasteiger partial charge is 0.492 e. The summed E-state index contributed by atoms with van der Waals surface area (Å²) in [5, 5.41) is 0. The lowest BCUT2D eigenvalue weighted by Crippen LogP contribution is -2.41. The van der Waals surface area contributed by atoms with Crippen LogP contribution in [-0.4, -0.2) is 62.2 Å². The van der Waals surface area contributed by atoms with E-state index < -0.39 is 0 Å². The van der Waals surface area contributed by atoms with Gasteiger partial charge in [0.15, 0.2) is 0 Å². The third-order valence-electron chi connectivity index (χ3n) is 8.29. The molecule has 1 saturated heterocycles. The van der Waals surface area contributed by atoms with Crippen LogP contribution in [0.25, 0.3) is 5.57 Å². The number of hydrogen-bond acceptors (Lipinski definition) is 6. The molecule has 7 nitrogen and oxygen atoms in total. The summed E-state index contributed by atoms with van der Waals surface area (Å²) in [5.74, 6) is 0.906. The van der Waals surface area contributed by atoms with Gasteiger partial charge in [-0.15, -0.1) is 0 Å². The number of allylic oxidation sites excluding steroid dienone is 2. The number of carbonyl (C=O) groups excluding carboxylic acids is 2. The zero-order valence-corrected chi connectivity index (χ0v) is 27.3. The average molecular weight is 633 g/mol. The van der Waals surface area contributed by atoms with Gasteiger partial charge in [0.25, 0.3) is 0 Å². The zero-order chi connectivity index (χ0) is 32.8. The molecule has 5 rings (SSSR count). The van der Waals surface area contributed by atoms with E-state index in [1.165, 1.54) is 16.7 Å². The number of benzene rings is 4. The zero-order valence-electron chi connectivity index (χ0n) is 27.3. The van der Waals surface area contributed by atoms with Crippen LogP contribution in [0.4, 0.5) is 4.79 Å². The molecule has 7 heteroatoms. The third kappa shape index (κ3) is 10.6. The Morgan fingerprint density at radius 1 is 0.766 bits per heavy atom. The Labute approximate surface area is 278 Å². The van der Waals surface area contributed by atoms with Crippen LogP contribution in [0.3, 0.4) is 0 Å². The Balaban J connectivity index is 1.12. The summed E-state index contributed by atoms with van der Waals surface area (Å²) in [4.78, 5) is 29.2. The second-order valence-electron chi connectivity index (χ2n) is 12.1. The number of nitrogens with zero attached hydrogens (tertiary/aromatic N) is 2. The molecule has 0 bridgehead atoms. The first-order chi connectivity index (χ1) is 22.9. The SMILES string of the molecule is CN(C)CCOc1ccc(CC=C(Cc2ccc(OC(=O)C3CCN(C(=O)OCc4ccccc4)CC3)cc2)c2ccccc2)cc1. The Hall–Kier alpha value is -4.88. The van der Waals surface area contributed by atoms with Gasteiger partial charge in [-0.1, -0.05) is 91.0 Å². The van der Waals surface area contributed by atoms with E-state index in [1.54, 1.807) is 4.90 Å². The van der Waals surface area contributed by atoms with Crippen LogP contribution in [0.5, 0.6) is 11.5 Å². The van der Waals surface area contributed by atoms with Crippen molar-refractivity contribution in [3.63, 3.8) is 0 Å². The summed E-state index contributed by atoms with van der Waals surface area (Å²) in [6, 6.07) is 36.1. The summed E-state index contributed by atoms with van der Waals surface area (Å²) in [5.41, 5.74) is 5.71. The molecule has 1 heterocycles. The second kappa shape index (κ2) is 17.2. The first-order valence-electron chi connectivity index (χ1n) is 16.3. The highest BCUT2D eigenvalue weighted by molar-refractivity contribution is 5.76. The van der Waals surface area contributed by atoms with E-state index in [0.29, 0.717) is 38.3 Å². The van der Waals surface area contributed by atoms with Gasteiger partial charge >= 0.3 is 12.1 Å². The highest BCUT2D eigenvalue weighted by Crippen LogP contribution is 2.25. The molecule has 1 fully saturated rings. The average Bonchev–Trinajstić information content (AvgIpc) is 3.11. The molecule has 47 heavy (non-hydrogen) atoms. The number of carbonyl (C=O) groups is 2. The van der Waals surface area contributed by atoms with Gasteiger partial charge in [0.1, 0.15) is 24.7 Å². The Bertz CT molecular complexity index is 1580. The molecule has 0 spiro atoms. The minimum Gasteiger partial charge on any atom is -0.492 e. The minimum atomic E-state index is -0.348. The van der Waals surface area contributed by atoms with Crippen LogP contribution in [0.2, 0.25) is 0 Å². The molecule has 1 aliphatic rings. The van der Waals surface area contributed by atoms with Gasteiger partial charge in [0.2, 0.25) is 0 Å². The Morgan fingerprint density at radius 3 is 2.04 bits per heavy atom. The normalized spacial score (nSPS) is 13.8. The molecular weight excluding hydrogens is 588 g/mol. The van der Waals surface area contributed by atoms with Crippen molar-refractivity contribution < 1.29 is 23.8 Å². The highest BCUT2D eigenvalue weighted by atomic mass is 16.6. The van der Waals surface area contributed by atoms with E-state index in [1.807, 2.05) is 86.9 Å². The van der Waals surface area contributed by atoms with Crippen molar-refractivity contribution in [3.05, 3.63) is 138 Å². The van der Waals surface area contributed by atoms with Gasteiger partial charge in [0.05, 0.1) is 5.92 Å². The number of ether oxygens (including phenoxy) is 3. The summed E-state index contributed by atoms with van der Waals surface area (Å²) < 4.78 is 17.0. The minimum absolute atomic E-state index is 0.238. The smallest absolute Gasteiger partial charge is 0.410 e. The fraction of sp³-hybridized carbons (Fsp3) is 0.300. The quantitative estimate of drug-likeness (QED) is 0.113. The number of rotatable bonds is 13. The van der Waals surface area contributed by atoms with Gasteiger partial charge in [-0.05, 0) is 91.9 Å². The van der Waals surface area contributed by atoms with Crippen molar-refractivity contribution >= 4 is 17.6 Å². The molecule has 0 saturated carbocycles. The van der Waals surface area contributed by atoms with Crippen molar-refractivity contribution in [2.75, 3.05) is 40.3 Å². The molecule has 244 valence electrons. The molecular formula is C40H44N2O5. The number of esters is 1. The Morgan fingerprint density at radius 2 is 1.38 bits per heavy atom. The molecule has 0 aliphatic carbocycles. The van der Waals surface area contributed by atoms with E-state index in [2.05, 4.69) is 47.4 Å². The maximum atomic E-state index is 12.9. The summed E-state index contributed by atoms with van der Waals surface area (Å²) in [7, 11) is 4.07. The van der Waals surface area contributed by atoms with Crippen molar-refractivity contribution in [2.45, 2.75) is 32.3 Å². The maximum absolute atomic E-state index is 12.9. The number of likely N-dealkylation sites (tertiary alicyclic amines) is 1. The summed E-state index contributed by atoms with van der Waals surface area (Å²) >= 11 is 0. The molecule has 0 unspecified atom stereocenters. The molecule has 4 aromatic carbocycles. The molecule has 0 aromatic heterocycles. The van der Waals surface area contributed by atoms with Gasteiger partial charge in [-0.25, -0.2) is 4.79 Å². The first-order valence-corrected chi connectivity index (χ1v) is 16.3. The molecule has 0 N–H and O–H groups in total. The predicted molar refractivity (Wildman–Crippen MR) is 185 cm³/mol. The number of piperidine rings is 1. The van der Waals surface area contributed by atoms with Gasteiger partial charge in [0, 0.05) is 19.6 Å². The lowest BCUT2D eigenvalue weighted by atomic mass is 9.96. The standard InChI is InChI=1S/C40H44N2O5/c1-41(2)27-28-45-37-19-14-31(15-20-37)13-18-36(34-11-7-4-8-12-34)29-32-16-21-38(22-17-32)47-39(43)35-23-25-42(26-24-35)40(44)46-30-33-9-5-3-6-10-33/h3-12,14-22,35H,13,23-30H2,1-2H3. The number of amides is 1. The van der Waals surface area contributed by atoms with E-state index in [4.69, 9.17) is 14.2 Å². The Kier molecular flexibility index (Phi) is 12.2. The van der Waals surface area contributed by atoms with E-state index in [0.717, 1.165) is 36.3 Å². The van der Waals surface area contributed by atoms with Crippen LogP contribution in [-0.2, 0) is 29.0 Å². The molecule has 4 aromatic rings. The van der Waals surface area contributed by atoms with Gasteiger partial charge in [-0.3, -0.25) is 4.79 Å². The van der Waals surface area contributed by atoms with Crippen molar-refractivity contribution in [2.24, 2.45) is 5.92 Å². The summed E-state index contributed by atoms with van der Waals surface area (Å²) in [6.07, 6.45) is 4.60. The van der Waals surface area contributed by atoms with Crippen LogP contribution in [0, 0.1) is 5.92 Å². The van der Waals surface area contributed by atoms with Crippen molar-refractivity contribution in [1.82, 2.24) is 9.80 Å². The molecule has 0 radical (unpaired) electrons. The number of hydrogen-bond donors (Lipinski definition) is 0. The van der Waals surface area contributed by atoms with Crippen LogP contribution < -0.4 is 9.47 Å². The third-order valence-corrected chi connectivity index (χ3v) is 8.29. The van der Waals surface area contributed by atoms with Crippen LogP contribution in [0.1, 0.15) is 35.1 Å². The highest BCUT2D eigenvalue weighted by Gasteiger charge is 2.29. The van der Waals surface area contributed by atoms with Crippen molar-refractivity contribution in [1.29, 1.82) is 0 Å². The van der Waals surface area contributed by atoms with Crippen molar-refractivity contribution in [3.8, 4) is 11.5 Å². The fourth-order valence-corrected chi connectivity index (χ4v) is 5.46. The first kappa shape index (κ1) is 33.5. The predicted octanol–water partition coefficient (Wildman–Crippen LogP) is 7.45. The monoisotopic (exact) mass is 632 g/mol. The van der Waals surface area contributed by atoms with Crippen LogP contribution >= 0.6 is 0 Å². The lowest BCUT2D eigenvalue weighted by molar-refractivity contribution is -0.140. The second-order valence-corrected chi connectivity index (χ2v) is 12.1. The van der Waals surface area contributed by atoms with E-state index in [9.17, 15) is 9.59 Å². The lowest BCUT2D eigenvalue weighted by Gasteiger charge is -2.30. The van der Waals surface area contributed by atoms with E-state index >= 15 is 0 Å². The maximum Gasteiger partial charge on any atom is 0.410 e. The molecule has 0 atom stereocenters. The molecule has 1 aliphatic heterocycles. The number of likely N-dealkylation sites (N-methyl/N-ethyl adjacent to an activating group) is 1. The fourth-order valence-electron chi connectivity index (χ4n) is 5.46. The topological polar surface area (TPSA) is 68.3 Å².